The molecule has 1 N–H and O–H groups in total. The molecule has 30 heavy (non-hydrogen) atoms. The van der Waals surface area contributed by atoms with Gasteiger partial charge in [-0.15, -0.1) is 0 Å². The van der Waals surface area contributed by atoms with Crippen LogP contribution in [-0.2, 0) is 20.9 Å². The third kappa shape index (κ3) is 5.93. The van der Waals surface area contributed by atoms with E-state index in [1.54, 1.807) is 24.1 Å². The summed E-state index contributed by atoms with van der Waals surface area (Å²) in [4.78, 5) is 28.1. The Morgan fingerprint density at radius 3 is 2.40 bits per heavy atom. The number of halogens is 1. The minimum Gasteiger partial charge on any atom is -0.495 e. The molecule has 160 valence electrons. The van der Waals surface area contributed by atoms with Gasteiger partial charge in [-0.2, -0.15) is 0 Å². The molecule has 1 aliphatic heterocycles. The second-order valence-electron chi connectivity index (χ2n) is 6.94. The number of nitrogens with one attached hydrogen (secondary N) is 1. The Labute approximate surface area is 175 Å². The van der Waals surface area contributed by atoms with Crippen LogP contribution in [0.1, 0.15) is 5.56 Å². The Bertz CT molecular complexity index is 852. The third-order valence-electron chi connectivity index (χ3n) is 4.92. The van der Waals surface area contributed by atoms with Crippen molar-refractivity contribution in [2.24, 2.45) is 0 Å². The summed E-state index contributed by atoms with van der Waals surface area (Å²) < 4.78 is 23.5. The van der Waals surface area contributed by atoms with Gasteiger partial charge in [0, 0.05) is 32.7 Å². The number of anilines is 1. The number of ether oxygens (including phenoxy) is 2. The SMILES string of the molecule is COc1ccccc1N1CCN(C(=O)COCC(=O)NCc2ccc(F)cc2)CC1. The molecule has 0 saturated carbocycles. The number of amides is 2. The monoisotopic (exact) mass is 415 g/mol. The van der Waals surface area contributed by atoms with E-state index in [2.05, 4.69) is 10.2 Å². The molecule has 1 heterocycles. The predicted molar refractivity (Wildman–Crippen MR) is 111 cm³/mol. The van der Waals surface area contributed by atoms with E-state index in [0.29, 0.717) is 26.2 Å². The first-order chi connectivity index (χ1) is 14.6. The van der Waals surface area contributed by atoms with Crippen molar-refractivity contribution in [1.29, 1.82) is 0 Å². The molecule has 0 radical (unpaired) electrons. The fourth-order valence-electron chi connectivity index (χ4n) is 3.26. The quantitative estimate of drug-likeness (QED) is 0.712. The molecular formula is C22H26FN3O4. The van der Waals surface area contributed by atoms with Crippen LogP contribution < -0.4 is 15.0 Å². The summed E-state index contributed by atoms with van der Waals surface area (Å²) in [6.07, 6.45) is 0. The summed E-state index contributed by atoms with van der Waals surface area (Å²) in [5.41, 5.74) is 1.80. The number of carbonyl (C=O) groups is 2. The maximum absolute atomic E-state index is 12.9. The Hall–Kier alpha value is -3.13. The number of benzene rings is 2. The third-order valence-corrected chi connectivity index (χ3v) is 4.92. The van der Waals surface area contributed by atoms with Gasteiger partial charge in [0.25, 0.3) is 0 Å². The van der Waals surface area contributed by atoms with Crippen molar-refractivity contribution in [2.45, 2.75) is 6.54 Å². The molecule has 1 saturated heterocycles. The van der Waals surface area contributed by atoms with Gasteiger partial charge in [-0.1, -0.05) is 24.3 Å². The first-order valence-electron chi connectivity index (χ1n) is 9.81. The van der Waals surface area contributed by atoms with Crippen molar-refractivity contribution in [1.82, 2.24) is 10.2 Å². The van der Waals surface area contributed by atoms with E-state index in [0.717, 1.165) is 17.0 Å². The largest absolute Gasteiger partial charge is 0.495 e. The maximum atomic E-state index is 12.9. The molecule has 0 aliphatic carbocycles. The Morgan fingerprint density at radius 2 is 1.70 bits per heavy atom. The van der Waals surface area contributed by atoms with Crippen LogP contribution in [0.2, 0.25) is 0 Å². The van der Waals surface area contributed by atoms with Crippen LogP contribution in [0.4, 0.5) is 10.1 Å². The minimum atomic E-state index is -0.326. The zero-order chi connectivity index (χ0) is 21.3. The zero-order valence-corrected chi connectivity index (χ0v) is 17.0. The van der Waals surface area contributed by atoms with E-state index in [4.69, 9.17) is 9.47 Å². The van der Waals surface area contributed by atoms with Crippen LogP contribution >= 0.6 is 0 Å². The van der Waals surface area contributed by atoms with Crippen LogP contribution in [0.25, 0.3) is 0 Å². The average molecular weight is 415 g/mol. The Kier molecular flexibility index (Phi) is 7.62. The number of piperazine rings is 1. The summed E-state index contributed by atoms with van der Waals surface area (Å²) in [5, 5.41) is 2.68. The number of hydrogen-bond donors (Lipinski definition) is 1. The summed E-state index contributed by atoms with van der Waals surface area (Å²) in [6.45, 7) is 2.50. The van der Waals surface area contributed by atoms with Crippen molar-refractivity contribution >= 4 is 17.5 Å². The lowest BCUT2D eigenvalue weighted by molar-refractivity contribution is -0.138. The lowest BCUT2D eigenvalue weighted by atomic mass is 10.2. The van der Waals surface area contributed by atoms with Gasteiger partial charge < -0.3 is 24.6 Å². The van der Waals surface area contributed by atoms with Gasteiger partial charge in [0.15, 0.2) is 0 Å². The summed E-state index contributed by atoms with van der Waals surface area (Å²) >= 11 is 0. The van der Waals surface area contributed by atoms with Gasteiger partial charge in [0.2, 0.25) is 11.8 Å². The highest BCUT2D eigenvalue weighted by Crippen LogP contribution is 2.28. The second kappa shape index (κ2) is 10.6. The molecule has 0 bridgehead atoms. The summed E-state index contributed by atoms with van der Waals surface area (Å²) in [7, 11) is 1.64. The van der Waals surface area contributed by atoms with Gasteiger partial charge >= 0.3 is 0 Å². The van der Waals surface area contributed by atoms with E-state index in [-0.39, 0.29) is 37.4 Å². The van der Waals surface area contributed by atoms with Gasteiger partial charge in [0.05, 0.1) is 12.8 Å². The smallest absolute Gasteiger partial charge is 0.248 e. The molecule has 0 atom stereocenters. The van der Waals surface area contributed by atoms with E-state index in [9.17, 15) is 14.0 Å². The van der Waals surface area contributed by atoms with Gasteiger partial charge in [-0.3, -0.25) is 9.59 Å². The van der Waals surface area contributed by atoms with Crippen molar-refractivity contribution in [3.8, 4) is 5.75 Å². The molecule has 0 unspecified atom stereocenters. The number of para-hydroxylation sites is 2. The molecular weight excluding hydrogens is 389 g/mol. The highest BCUT2D eigenvalue weighted by atomic mass is 19.1. The van der Waals surface area contributed by atoms with Crippen LogP contribution in [0.5, 0.6) is 5.75 Å². The lowest BCUT2D eigenvalue weighted by Crippen LogP contribution is -2.50. The molecule has 8 heteroatoms. The molecule has 2 amide bonds. The van der Waals surface area contributed by atoms with Crippen LogP contribution in [-0.4, -0.2) is 63.2 Å². The molecule has 2 aromatic rings. The average Bonchev–Trinajstić information content (AvgIpc) is 2.78. The minimum absolute atomic E-state index is 0.138. The molecule has 1 fully saturated rings. The van der Waals surface area contributed by atoms with E-state index in [1.165, 1.54) is 12.1 Å². The molecule has 0 spiro atoms. The molecule has 1 aliphatic rings. The first kappa shape index (κ1) is 21.6. The fraction of sp³-hybridized carbons (Fsp3) is 0.364. The van der Waals surface area contributed by atoms with Gasteiger partial charge in [-0.25, -0.2) is 4.39 Å². The summed E-state index contributed by atoms with van der Waals surface area (Å²) in [6, 6.07) is 13.7. The van der Waals surface area contributed by atoms with Crippen LogP contribution in [0, 0.1) is 5.82 Å². The standard InChI is InChI=1S/C22H26FN3O4/c1-29-20-5-3-2-4-19(20)25-10-12-26(13-11-25)22(28)16-30-15-21(27)24-14-17-6-8-18(23)9-7-17/h2-9H,10-16H2,1H3,(H,24,27). The van der Waals surface area contributed by atoms with Crippen molar-refractivity contribution < 1.29 is 23.5 Å². The number of methoxy groups -OCH3 is 1. The second-order valence-corrected chi connectivity index (χ2v) is 6.94. The van der Waals surface area contributed by atoms with E-state index >= 15 is 0 Å². The molecule has 3 rings (SSSR count). The van der Waals surface area contributed by atoms with Crippen molar-refractivity contribution in [2.75, 3.05) is 51.4 Å². The van der Waals surface area contributed by atoms with E-state index in [1.807, 2.05) is 24.3 Å². The maximum Gasteiger partial charge on any atom is 0.248 e. The summed E-state index contributed by atoms with van der Waals surface area (Å²) in [5.74, 6) is 0.0250. The van der Waals surface area contributed by atoms with Gasteiger partial charge in [-0.05, 0) is 29.8 Å². The Morgan fingerprint density at radius 1 is 1.00 bits per heavy atom. The zero-order valence-electron chi connectivity index (χ0n) is 17.0. The van der Waals surface area contributed by atoms with Crippen molar-refractivity contribution in [3.05, 3.63) is 59.9 Å². The van der Waals surface area contributed by atoms with Crippen LogP contribution in [0.3, 0.4) is 0 Å². The first-order valence-corrected chi connectivity index (χ1v) is 9.81. The Balaban J connectivity index is 1.35. The highest BCUT2D eigenvalue weighted by Gasteiger charge is 2.23. The number of hydrogen-bond acceptors (Lipinski definition) is 5. The molecule has 0 aromatic heterocycles. The van der Waals surface area contributed by atoms with E-state index < -0.39 is 0 Å². The number of carbonyl (C=O) groups excluding carboxylic acids is 2. The lowest BCUT2D eigenvalue weighted by Gasteiger charge is -2.36. The topological polar surface area (TPSA) is 71.1 Å². The van der Waals surface area contributed by atoms with Gasteiger partial charge in [0.1, 0.15) is 24.8 Å². The fourth-order valence-corrected chi connectivity index (χ4v) is 3.26. The molecule has 7 nitrogen and oxygen atoms in total. The van der Waals surface area contributed by atoms with Crippen molar-refractivity contribution in [3.63, 3.8) is 0 Å². The number of rotatable bonds is 8. The molecule has 2 aromatic carbocycles. The van der Waals surface area contributed by atoms with Crippen LogP contribution in [0.15, 0.2) is 48.5 Å². The normalized spacial score (nSPS) is 13.8. The predicted octanol–water partition coefficient (Wildman–Crippen LogP) is 1.82. The highest BCUT2D eigenvalue weighted by molar-refractivity contribution is 5.80. The number of nitrogens with zero attached hydrogens (tertiary/aromatic N) is 2.